The van der Waals surface area contributed by atoms with E-state index in [1.807, 2.05) is 6.92 Å². The molecule has 1 heterocycles. The van der Waals surface area contributed by atoms with Crippen LogP contribution in [-0.2, 0) is 4.74 Å². The normalized spacial score (nSPS) is 23.0. The van der Waals surface area contributed by atoms with Gasteiger partial charge in [0, 0.05) is 31.7 Å². The Kier molecular flexibility index (Phi) is 5.55. The lowest BCUT2D eigenvalue weighted by molar-refractivity contribution is 0.0558. The van der Waals surface area contributed by atoms with E-state index >= 15 is 0 Å². The van der Waals surface area contributed by atoms with Crippen LogP contribution in [0.4, 0.5) is 0 Å². The quantitative estimate of drug-likeness (QED) is 0.281. The monoisotopic (exact) mass is 229 g/mol. The topological polar surface area (TPSA) is 79.9 Å². The molecule has 5 heteroatoms. The molecule has 1 fully saturated rings. The van der Waals surface area contributed by atoms with Gasteiger partial charge in [0.2, 0.25) is 0 Å². The van der Waals surface area contributed by atoms with Crippen molar-refractivity contribution in [2.45, 2.75) is 32.7 Å². The van der Waals surface area contributed by atoms with Crippen molar-refractivity contribution in [1.82, 2.24) is 5.32 Å². The van der Waals surface area contributed by atoms with Gasteiger partial charge in [-0.25, -0.2) is 0 Å². The van der Waals surface area contributed by atoms with Crippen molar-refractivity contribution in [2.75, 3.05) is 19.8 Å². The molecular weight excluding hydrogens is 206 g/mol. The Morgan fingerprint density at radius 1 is 1.50 bits per heavy atom. The van der Waals surface area contributed by atoms with Gasteiger partial charge in [0.05, 0.1) is 0 Å². The fourth-order valence-corrected chi connectivity index (χ4v) is 1.95. The van der Waals surface area contributed by atoms with Crippen LogP contribution in [0.15, 0.2) is 5.16 Å². The zero-order valence-corrected chi connectivity index (χ0v) is 10.1. The van der Waals surface area contributed by atoms with Crippen LogP contribution in [0, 0.1) is 11.8 Å². The zero-order chi connectivity index (χ0) is 12.0. The molecule has 0 bridgehead atoms. The Morgan fingerprint density at radius 3 is 2.69 bits per heavy atom. The minimum absolute atomic E-state index is 0.0623. The first-order valence-electron chi connectivity index (χ1n) is 5.93. The molecule has 0 amide bonds. The summed E-state index contributed by atoms with van der Waals surface area (Å²) in [5.41, 5.74) is 5.52. The van der Waals surface area contributed by atoms with Gasteiger partial charge in [0.15, 0.2) is 0 Å². The van der Waals surface area contributed by atoms with Gasteiger partial charge in [-0.1, -0.05) is 12.1 Å². The summed E-state index contributed by atoms with van der Waals surface area (Å²) in [5, 5.41) is 15.0. The van der Waals surface area contributed by atoms with E-state index in [-0.39, 0.29) is 11.8 Å². The third-order valence-electron chi connectivity index (χ3n) is 3.34. The van der Waals surface area contributed by atoms with E-state index < -0.39 is 0 Å². The Hall–Kier alpha value is -0.810. The van der Waals surface area contributed by atoms with Crippen molar-refractivity contribution < 1.29 is 9.94 Å². The van der Waals surface area contributed by atoms with Crippen LogP contribution in [0.2, 0.25) is 0 Å². The third-order valence-corrected chi connectivity index (χ3v) is 3.34. The van der Waals surface area contributed by atoms with E-state index in [2.05, 4.69) is 17.4 Å². The van der Waals surface area contributed by atoms with Crippen LogP contribution in [0.3, 0.4) is 0 Å². The molecule has 0 saturated carbocycles. The van der Waals surface area contributed by atoms with E-state index in [9.17, 15) is 0 Å². The molecule has 1 aliphatic rings. The van der Waals surface area contributed by atoms with E-state index in [1.54, 1.807) is 0 Å². The molecule has 0 aromatic carbocycles. The molecule has 94 valence electrons. The Labute approximate surface area is 97.0 Å². The molecule has 1 rings (SSSR count). The first kappa shape index (κ1) is 13.3. The van der Waals surface area contributed by atoms with Crippen molar-refractivity contribution in [2.24, 2.45) is 22.7 Å². The molecular formula is C11H23N3O2. The van der Waals surface area contributed by atoms with Crippen LogP contribution < -0.4 is 11.1 Å². The average molecular weight is 229 g/mol. The summed E-state index contributed by atoms with van der Waals surface area (Å²) in [4.78, 5) is 0. The summed E-state index contributed by atoms with van der Waals surface area (Å²) in [5.74, 6) is 1.02. The van der Waals surface area contributed by atoms with Gasteiger partial charge in [-0.05, 0) is 25.7 Å². The van der Waals surface area contributed by atoms with Crippen LogP contribution in [-0.4, -0.2) is 36.8 Å². The second-order valence-corrected chi connectivity index (χ2v) is 4.57. The van der Waals surface area contributed by atoms with Gasteiger partial charge in [0.1, 0.15) is 5.84 Å². The average Bonchev–Trinajstić information content (AvgIpc) is 2.35. The zero-order valence-electron chi connectivity index (χ0n) is 10.1. The highest BCUT2D eigenvalue weighted by Crippen LogP contribution is 2.18. The number of nitrogens with zero attached hydrogens (tertiary/aromatic N) is 1. The highest BCUT2D eigenvalue weighted by molar-refractivity contribution is 5.82. The van der Waals surface area contributed by atoms with E-state index in [0.29, 0.717) is 12.0 Å². The molecule has 2 atom stereocenters. The number of nitrogens with one attached hydrogen (secondary N) is 1. The van der Waals surface area contributed by atoms with Gasteiger partial charge in [-0.3, -0.25) is 0 Å². The Bertz CT molecular complexity index is 227. The smallest absolute Gasteiger partial charge is 0.143 e. The number of amidine groups is 1. The predicted molar refractivity (Wildman–Crippen MR) is 63.6 cm³/mol. The molecule has 1 aliphatic heterocycles. The van der Waals surface area contributed by atoms with Crippen LogP contribution in [0.25, 0.3) is 0 Å². The van der Waals surface area contributed by atoms with E-state index in [0.717, 1.165) is 32.6 Å². The van der Waals surface area contributed by atoms with Crippen molar-refractivity contribution >= 4 is 5.84 Å². The molecule has 1 saturated heterocycles. The number of rotatable bonds is 5. The first-order valence-corrected chi connectivity index (χ1v) is 5.93. The van der Waals surface area contributed by atoms with E-state index in [1.165, 1.54) is 0 Å². The van der Waals surface area contributed by atoms with E-state index in [4.69, 9.17) is 15.7 Å². The van der Waals surface area contributed by atoms with Crippen molar-refractivity contribution in [1.29, 1.82) is 0 Å². The number of hydrogen-bond donors (Lipinski definition) is 3. The van der Waals surface area contributed by atoms with Crippen molar-refractivity contribution in [3.63, 3.8) is 0 Å². The third kappa shape index (κ3) is 3.98. The molecule has 0 radical (unpaired) electrons. The predicted octanol–water partition coefficient (Wildman–Crippen LogP) is 0.774. The fourth-order valence-electron chi connectivity index (χ4n) is 1.95. The van der Waals surface area contributed by atoms with Gasteiger partial charge in [-0.2, -0.15) is 0 Å². The maximum absolute atomic E-state index is 8.54. The number of oxime groups is 1. The minimum Gasteiger partial charge on any atom is -0.409 e. The maximum Gasteiger partial charge on any atom is 0.143 e. The van der Waals surface area contributed by atoms with Crippen molar-refractivity contribution in [3.05, 3.63) is 0 Å². The van der Waals surface area contributed by atoms with Gasteiger partial charge >= 0.3 is 0 Å². The highest BCUT2D eigenvalue weighted by Gasteiger charge is 2.20. The lowest BCUT2D eigenvalue weighted by atomic mass is 9.92. The molecule has 0 spiro atoms. The summed E-state index contributed by atoms with van der Waals surface area (Å²) in [6, 6.07) is 0.456. The second kappa shape index (κ2) is 6.70. The van der Waals surface area contributed by atoms with Gasteiger partial charge in [0.25, 0.3) is 0 Å². The lowest BCUT2D eigenvalue weighted by Gasteiger charge is -2.29. The summed E-state index contributed by atoms with van der Waals surface area (Å²) in [7, 11) is 0. The molecule has 0 aromatic heterocycles. The molecule has 0 aliphatic carbocycles. The Balaban J connectivity index is 2.25. The van der Waals surface area contributed by atoms with Crippen LogP contribution >= 0.6 is 0 Å². The summed E-state index contributed by atoms with van der Waals surface area (Å²) in [6.07, 6.45) is 2.23. The number of nitrogens with two attached hydrogens (primary N) is 1. The summed E-state index contributed by atoms with van der Waals surface area (Å²) >= 11 is 0. The van der Waals surface area contributed by atoms with Gasteiger partial charge in [-0.15, -0.1) is 0 Å². The summed E-state index contributed by atoms with van der Waals surface area (Å²) in [6.45, 7) is 6.61. The maximum atomic E-state index is 8.54. The highest BCUT2D eigenvalue weighted by atomic mass is 16.5. The van der Waals surface area contributed by atoms with Gasteiger partial charge < -0.3 is 21.0 Å². The minimum atomic E-state index is 0.0623. The molecule has 5 nitrogen and oxygen atoms in total. The lowest BCUT2D eigenvalue weighted by Crippen LogP contribution is -2.41. The SMILES string of the molecule is CC(CNC(C)C1CCOCC1)C(N)=NO. The fraction of sp³-hybridized carbons (Fsp3) is 0.909. The molecule has 2 unspecified atom stereocenters. The first-order chi connectivity index (χ1) is 7.65. The standard InChI is InChI=1S/C11H23N3O2/c1-8(11(12)14-15)7-13-9(2)10-3-5-16-6-4-10/h8-10,13,15H,3-7H2,1-2H3,(H2,12,14). The van der Waals surface area contributed by atoms with Crippen molar-refractivity contribution in [3.8, 4) is 0 Å². The second-order valence-electron chi connectivity index (χ2n) is 4.57. The van der Waals surface area contributed by atoms with Crippen LogP contribution in [0.5, 0.6) is 0 Å². The molecule has 0 aromatic rings. The molecule has 4 N–H and O–H groups in total. The molecule has 16 heavy (non-hydrogen) atoms. The number of ether oxygens (including phenoxy) is 1. The summed E-state index contributed by atoms with van der Waals surface area (Å²) < 4.78 is 5.33. The largest absolute Gasteiger partial charge is 0.409 e. The number of hydrogen-bond acceptors (Lipinski definition) is 4. The Morgan fingerprint density at radius 2 is 2.12 bits per heavy atom. The van der Waals surface area contributed by atoms with Crippen LogP contribution in [0.1, 0.15) is 26.7 Å².